The van der Waals surface area contributed by atoms with E-state index < -0.39 is 0 Å². The Balaban J connectivity index is 2.05. The number of pyridine rings is 2. The fraction of sp³-hybridized carbons (Fsp3) is 0.143. The van der Waals surface area contributed by atoms with Gasteiger partial charge in [0.05, 0.1) is 24.6 Å². The quantitative estimate of drug-likeness (QED) is 0.559. The molecular weight excluding hydrogens is 354 g/mol. The highest BCUT2D eigenvalue weighted by Gasteiger charge is 2.14. The van der Waals surface area contributed by atoms with Gasteiger partial charge < -0.3 is 9.30 Å². The van der Waals surface area contributed by atoms with Crippen LogP contribution in [-0.2, 0) is 6.54 Å². The van der Waals surface area contributed by atoms with E-state index in [9.17, 15) is 10.1 Å². The third kappa shape index (κ3) is 2.72. The summed E-state index contributed by atoms with van der Waals surface area (Å²) >= 11 is 0. The zero-order valence-electron chi connectivity index (χ0n) is 15.4. The third-order valence-corrected chi connectivity index (χ3v) is 4.75. The molecule has 138 valence electrons. The molecule has 0 atom stereocenters. The van der Waals surface area contributed by atoms with Crippen molar-refractivity contribution in [2.75, 3.05) is 7.11 Å². The number of fused-ring (bicyclic) bond motifs is 2. The lowest BCUT2D eigenvalue weighted by atomic mass is 10.1. The summed E-state index contributed by atoms with van der Waals surface area (Å²) in [5.41, 5.74) is 2.58. The molecule has 7 heteroatoms. The molecule has 0 unspecified atom stereocenters. The van der Waals surface area contributed by atoms with E-state index in [-0.39, 0.29) is 16.6 Å². The summed E-state index contributed by atoms with van der Waals surface area (Å²) in [6.45, 7) is 2.19. The van der Waals surface area contributed by atoms with Crippen molar-refractivity contribution in [1.29, 1.82) is 10.7 Å². The van der Waals surface area contributed by atoms with E-state index in [0.717, 1.165) is 16.9 Å². The number of nitrogens with zero attached hydrogens (tertiary/aromatic N) is 4. The van der Waals surface area contributed by atoms with Gasteiger partial charge in [0, 0.05) is 6.20 Å². The summed E-state index contributed by atoms with van der Waals surface area (Å²) < 4.78 is 8.26. The van der Waals surface area contributed by atoms with E-state index in [2.05, 4.69) is 4.98 Å². The van der Waals surface area contributed by atoms with Crippen molar-refractivity contribution in [2.24, 2.45) is 0 Å². The van der Waals surface area contributed by atoms with Gasteiger partial charge in [0.25, 0.3) is 5.56 Å². The lowest BCUT2D eigenvalue weighted by molar-refractivity contribution is 0.414. The molecular formula is C21H17N5O2. The minimum Gasteiger partial charge on any atom is -0.497 e. The van der Waals surface area contributed by atoms with Crippen molar-refractivity contribution in [2.45, 2.75) is 13.5 Å². The number of aryl methyl sites for hydroxylation is 1. The molecule has 0 saturated heterocycles. The van der Waals surface area contributed by atoms with Gasteiger partial charge in [0.2, 0.25) is 0 Å². The summed E-state index contributed by atoms with van der Waals surface area (Å²) in [6, 6.07) is 14.6. The molecule has 0 aliphatic heterocycles. The van der Waals surface area contributed by atoms with E-state index in [0.29, 0.717) is 23.2 Å². The molecule has 4 aromatic rings. The van der Waals surface area contributed by atoms with Crippen LogP contribution in [0.3, 0.4) is 0 Å². The summed E-state index contributed by atoms with van der Waals surface area (Å²) in [4.78, 5) is 17.7. The van der Waals surface area contributed by atoms with E-state index in [1.54, 1.807) is 23.9 Å². The molecule has 0 aliphatic rings. The molecule has 3 aromatic heterocycles. The van der Waals surface area contributed by atoms with Crippen LogP contribution in [0.2, 0.25) is 0 Å². The largest absolute Gasteiger partial charge is 0.497 e. The first-order valence-electron chi connectivity index (χ1n) is 8.66. The number of rotatable bonds is 3. The normalized spacial score (nSPS) is 10.9. The number of hydrogen-bond acceptors (Lipinski definition) is 5. The van der Waals surface area contributed by atoms with E-state index in [1.165, 1.54) is 10.5 Å². The Morgan fingerprint density at radius 2 is 1.96 bits per heavy atom. The summed E-state index contributed by atoms with van der Waals surface area (Å²) in [6.07, 6.45) is 1.66. The average molecular weight is 371 g/mol. The van der Waals surface area contributed by atoms with Gasteiger partial charge in [-0.05, 0) is 42.3 Å². The molecule has 1 aromatic carbocycles. The molecule has 1 N–H and O–H groups in total. The molecule has 4 rings (SSSR count). The standard InChI is InChI=1S/C21H17N5O2/c1-13-4-3-9-25-19(13)24-20-17(21(25)27)10-15(11-22)18(23)26(20)12-14-5-7-16(28-2)8-6-14/h3-10,23H,12H2,1-2H3. The van der Waals surface area contributed by atoms with Crippen molar-refractivity contribution in [3.63, 3.8) is 0 Å². The maximum atomic E-state index is 13.0. The molecule has 28 heavy (non-hydrogen) atoms. The average Bonchev–Trinajstić information content (AvgIpc) is 2.71. The predicted octanol–water partition coefficient (Wildman–Crippen LogP) is 2.37. The second-order valence-corrected chi connectivity index (χ2v) is 6.49. The van der Waals surface area contributed by atoms with Crippen LogP contribution in [0.25, 0.3) is 16.7 Å². The van der Waals surface area contributed by atoms with Gasteiger partial charge in [-0.1, -0.05) is 18.2 Å². The topological polar surface area (TPSA) is 96.2 Å². The van der Waals surface area contributed by atoms with Gasteiger partial charge in [-0.3, -0.25) is 14.6 Å². The minimum atomic E-state index is -0.260. The Hall–Kier alpha value is -3.92. The van der Waals surface area contributed by atoms with Crippen LogP contribution in [0.5, 0.6) is 5.75 Å². The first-order chi connectivity index (χ1) is 13.5. The van der Waals surface area contributed by atoms with Crippen LogP contribution in [0.4, 0.5) is 0 Å². The van der Waals surface area contributed by atoms with Crippen LogP contribution in [0.15, 0.2) is 53.5 Å². The van der Waals surface area contributed by atoms with Gasteiger partial charge in [-0.25, -0.2) is 4.98 Å². The van der Waals surface area contributed by atoms with Crippen molar-refractivity contribution in [3.8, 4) is 11.8 Å². The second-order valence-electron chi connectivity index (χ2n) is 6.49. The molecule has 0 fully saturated rings. The fourth-order valence-electron chi connectivity index (χ4n) is 3.25. The number of hydrogen-bond donors (Lipinski definition) is 1. The number of nitrogens with one attached hydrogen (secondary N) is 1. The molecule has 0 aliphatic carbocycles. The zero-order chi connectivity index (χ0) is 19.8. The van der Waals surface area contributed by atoms with Crippen molar-refractivity contribution < 1.29 is 4.74 Å². The van der Waals surface area contributed by atoms with Crippen LogP contribution in [0.1, 0.15) is 16.7 Å². The lowest BCUT2D eigenvalue weighted by Gasteiger charge is -2.14. The van der Waals surface area contributed by atoms with Gasteiger partial charge in [0.15, 0.2) is 0 Å². The Kier molecular flexibility index (Phi) is 4.17. The van der Waals surface area contributed by atoms with Crippen LogP contribution < -0.4 is 15.8 Å². The summed E-state index contributed by atoms with van der Waals surface area (Å²) in [5.74, 6) is 0.730. The third-order valence-electron chi connectivity index (χ3n) is 4.75. The highest BCUT2D eigenvalue weighted by Crippen LogP contribution is 2.16. The molecule has 0 saturated carbocycles. The number of ether oxygens (including phenoxy) is 1. The van der Waals surface area contributed by atoms with Gasteiger partial charge in [0.1, 0.15) is 28.6 Å². The maximum Gasteiger partial charge on any atom is 0.267 e. The van der Waals surface area contributed by atoms with Crippen molar-refractivity contribution in [1.82, 2.24) is 14.0 Å². The Bertz CT molecular complexity index is 1380. The molecule has 0 bridgehead atoms. The number of methoxy groups -OCH3 is 1. The molecule has 7 nitrogen and oxygen atoms in total. The van der Waals surface area contributed by atoms with Gasteiger partial charge in [-0.15, -0.1) is 0 Å². The smallest absolute Gasteiger partial charge is 0.267 e. The highest BCUT2D eigenvalue weighted by molar-refractivity contribution is 5.78. The molecule has 0 amide bonds. The monoisotopic (exact) mass is 371 g/mol. The lowest BCUT2D eigenvalue weighted by Crippen LogP contribution is -2.28. The summed E-state index contributed by atoms with van der Waals surface area (Å²) in [5, 5.41) is 18.2. The van der Waals surface area contributed by atoms with Crippen molar-refractivity contribution in [3.05, 3.63) is 81.2 Å². The number of nitriles is 1. The molecule has 0 radical (unpaired) electrons. The maximum absolute atomic E-state index is 13.0. The van der Waals surface area contributed by atoms with Gasteiger partial charge >= 0.3 is 0 Å². The second kappa shape index (κ2) is 6.67. The van der Waals surface area contributed by atoms with Crippen LogP contribution >= 0.6 is 0 Å². The molecule has 3 heterocycles. The number of benzene rings is 1. The minimum absolute atomic E-state index is 0.0238. The van der Waals surface area contributed by atoms with E-state index in [1.807, 2.05) is 43.3 Å². The van der Waals surface area contributed by atoms with Crippen LogP contribution in [0, 0.1) is 23.7 Å². The first kappa shape index (κ1) is 17.5. The molecule has 0 spiro atoms. The summed E-state index contributed by atoms with van der Waals surface area (Å²) in [7, 11) is 1.60. The van der Waals surface area contributed by atoms with E-state index in [4.69, 9.17) is 10.1 Å². The number of aromatic nitrogens is 3. The SMILES string of the molecule is COc1ccc(Cn2c(=N)c(C#N)cc3c(=O)n4cccc(C)c4nc32)cc1. The Morgan fingerprint density at radius 1 is 1.21 bits per heavy atom. The van der Waals surface area contributed by atoms with E-state index >= 15 is 0 Å². The Morgan fingerprint density at radius 3 is 2.64 bits per heavy atom. The highest BCUT2D eigenvalue weighted by atomic mass is 16.5. The Labute approximate surface area is 160 Å². The zero-order valence-corrected chi connectivity index (χ0v) is 15.4. The fourth-order valence-corrected chi connectivity index (χ4v) is 3.25. The van der Waals surface area contributed by atoms with Crippen molar-refractivity contribution >= 4 is 16.7 Å². The predicted molar refractivity (Wildman–Crippen MR) is 104 cm³/mol. The van der Waals surface area contributed by atoms with Gasteiger partial charge in [-0.2, -0.15) is 5.26 Å². The first-order valence-corrected chi connectivity index (χ1v) is 8.66. The van der Waals surface area contributed by atoms with Crippen LogP contribution in [-0.4, -0.2) is 21.1 Å².